The Morgan fingerprint density at radius 3 is 2.21 bits per heavy atom. The molecule has 0 fully saturated rings. The first-order valence-corrected chi connectivity index (χ1v) is 9.58. The molecule has 0 saturated carbocycles. The van der Waals surface area contributed by atoms with E-state index in [9.17, 15) is 13.2 Å². The van der Waals surface area contributed by atoms with Gasteiger partial charge in [0.1, 0.15) is 12.9 Å². The van der Waals surface area contributed by atoms with Gasteiger partial charge in [0, 0.05) is 17.7 Å². The average molecular weight is 404 g/mol. The maximum absolute atomic E-state index is 15.1. The number of aryl methyl sites for hydroxylation is 3. The quantitative estimate of drug-likeness (QED) is 0.345. The first-order chi connectivity index (χ1) is 13.3. The molecule has 0 saturated heterocycles. The van der Waals surface area contributed by atoms with Gasteiger partial charge in [0.2, 0.25) is 11.2 Å². The molecule has 0 aliphatic heterocycles. The van der Waals surface area contributed by atoms with Gasteiger partial charge in [0.05, 0.1) is 10.8 Å². The van der Waals surface area contributed by atoms with Gasteiger partial charge in [-0.05, 0) is 56.0 Å². The van der Waals surface area contributed by atoms with Crippen molar-refractivity contribution < 1.29 is 22.1 Å². The van der Waals surface area contributed by atoms with Crippen LogP contribution in [0.3, 0.4) is 0 Å². The van der Waals surface area contributed by atoms with Gasteiger partial charge in [-0.2, -0.15) is 17.7 Å². The van der Waals surface area contributed by atoms with Gasteiger partial charge >= 0.3 is 6.18 Å². The lowest BCUT2D eigenvalue weighted by Crippen LogP contribution is -2.34. The number of fused-ring (bicyclic) bond motifs is 1. The van der Waals surface area contributed by atoms with E-state index < -0.39 is 17.4 Å². The molecule has 0 aliphatic rings. The molecular weight excluding hydrogens is 378 g/mol. The fraction of sp³-hybridized carbons (Fsp3) is 0.375. The minimum atomic E-state index is -4.32. The summed E-state index contributed by atoms with van der Waals surface area (Å²) in [4.78, 5) is 0. The van der Waals surface area contributed by atoms with Crippen LogP contribution in [0, 0.1) is 32.0 Å². The standard InChI is InChI=1S/C24H26F4N/c1-14-9-15(2)16(3)18(10-14)22-12-20(25)19-11-17(7-8-21(19)29(22)6)13-23(4,5)24(26,27)28/h7-12H,13H2,1-6H3/q+1. The minimum absolute atomic E-state index is 0.201. The van der Waals surface area contributed by atoms with Crippen molar-refractivity contribution in [1.29, 1.82) is 0 Å². The molecule has 0 aliphatic carbocycles. The number of benzene rings is 2. The molecule has 3 rings (SSSR count). The molecule has 1 nitrogen and oxygen atoms in total. The molecule has 29 heavy (non-hydrogen) atoms. The largest absolute Gasteiger partial charge is 0.394 e. The summed E-state index contributed by atoms with van der Waals surface area (Å²) in [5.74, 6) is -0.432. The molecule has 0 bridgehead atoms. The van der Waals surface area contributed by atoms with Crippen LogP contribution in [0.5, 0.6) is 0 Å². The van der Waals surface area contributed by atoms with E-state index in [0.717, 1.165) is 27.9 Å². The Kier molecular flexibility index (Phi) is 5.22. The molecular formula is C24H26F4N+. The summed E-state index contributed by atoms with van der Waals surface area (Å²) < 4.78 is 56.7. The number of alkyl halides is 3. The maximum atomic E-state index is 15.1. The zero-order valence-electron chi connectivity index (χ0n) is 17.6. The molecule has 0 amide bonds. The second-order valence-electron chi connectivity index (χ2n) is 8.60. The predicted molar refractivity (Wildman–Crippen MR) is 108 cm³/mol. The molecule has 0 atom stereocenters. The first-order valence-electron chi connectivity index (χ1n) is 9.58. The summed E-state index contributed by atoms with van der Waals surface area (Å²) in [6.07, 6.45) is -4.52. The highest BCUT2D eigenvalue weighted by atomic mass is 19.4. The zero-order valence-corrected chi connectivity index (χ0v) is 17.6. The third kappa shape index (κ3) is 3.87. The molecule has 0 unspecified atom stereocenters. The summed E-state index contributed by atoms with van der Waals surface area (Å²) in [5.41, 5.74) is 4.22. The van der Waals surface area contributed by atoms with Gasteiger partial charge < -0.3 is 0 Å². The van der Waals surface area contributed by atoms with E-state index in [4.69, 9.17) is 0 Å². The normalized spacial score (nSPS) is 12.6. The molecule has 154 valence electrons. The van der Waals surface area contributed by atoms with E-state index in [1.165, 1.54) is 26.0 Å². The van der Waals surface area contributed by atoms with Gasteiger partial charge in [-0.3, -0.25) is 0 Å². The van der Waals surface area contributed by atoms with Gasteiger partial charge in [-0.1, -0.05) is 31.5 Å². The minimum Gasteiger partial charge on any atom is -0.206 e. The fourth-order valence-corrected chi connectivity index (χ4v) is 3.78. The Morgan fingerprint density at radius 1 is 0.931 bits per heavy atom. The van der Waals surface area contributed by atoms with Crippen LogP contribution in [-0.2, 0) is 13.5 Å². The van der Waals surface area contributed by atoms with E-state index in [1.54, 1.807) is 12.1 Å². The molecule has 1 heterocycles. The Morgan fingerprint density at radius 2 is 1.59 bits per heavy atom. The van der Waals surface area contributed by atoms with Crippen LogP contribution in [0.2, 0.25) is 0 Å². The lowest BCUT2D eigenvalue weighted by Gasteiger charge is -2.27. The summed E-state index contributed by atoms with van der Waals surface area (Å²) in [5, 5.41) is 0.328. The molecule has 1 aromatic heterocycles. The van der Waals surface area contributed by atoms with Crippen molar-refractivity contribution >= 4 is 10.9 Å². The van der Waals surface area contributed by atoms with Crippen LogP contribution in [0.15, 0.2) is 36.4 Å². The van der Waals surface area contributed by atoms with Crippen molar-refractivity contribution in [1.82, 2.24) is 0 Å². The van der Waals surface area contributed by atoms with Crippen LogP contribution < -0.4 is 4.57 Å². The number of pyridine rings is 1. The summed E-state index contributed by atoms with van der Waals surface area (Å²) >= 11 is 0. The van der Waals surface area contributed by atoms with Crippen LogP contribution in [0.1, 0.15) is 36.1 Å². The lowest BCUT2D eigenvalue weighted by molar-refractivity contribution is -0.633. The second-order valence-corrected chi connectivity index (χ2v) is 8.60. The van der Waals surface area contributed by atoms with Crippen molar-refractivity contribution in [2.75, 3.05) is 0 Å². The fourth-order valence-electron chi connectivity index (χ4n) is 3.78. The average Bonchev–Trinajstić information content (AvgIpc) is 2.60. The van der Waals surface area contributed by atoms with Gasteiger partial charge in [0.15, 0.2) is 0 Å². The van der Waals surface area contributed by atoms with Crippen molar-refractivity contribution in [2.24, 2.45) is 12.5 Å². The number of halogens is 4. The van der Waals surface area contributed by atoms with Crippen LogP contribution in [0.4, 0.5) is 17.6 Å². The van der Waals surface area contributed by atoms with Crippen molar-refractivity contribution in [2.45, 2.75) is 47.2 Å². The second kappa shape index (κ2) is 7.12. The Balaban J connectivity index is 2.15. The number of hydrogen-bond acceptors (Lipinski definition) is 0. The van der Waals surface area contributed by atoms with Crippen molar-refractivity contribution in [3.05, 3.63) is 64.5 Å². The number of rotatable bonds is 3. The highest BCUT2D eigenvalue weighted by molar-refractivity contribution is 5.79. The molecule has 0 spiro atoms. The van der Waals surface area contributed by atoms with Crippen LogP contribution in [0.25, 0.3) is 22.2 Å². The van der Waals surface area contributed by atoms with Crippen LogP contribution >= 0.6 is 0 Å². The zero-order chi connectivity index (χ0) is 21.7. The SMILES string of the molecule is Cc1cc(C)c(C)c(-c2cc(F)c3cc(CC(C)(C)C(F)(F)F)ccc3[n+]2C)c1. The summed E-state index contributed by atoms with van der Waals surface area (Å²) in [6.45, 7) is 8.37. The van der Waals surface area contributed by atoms with Gasteiger partial charge in [-0.25, -0.2) is 4.39 Å². The number of nitrogens with zero attached hydrogens (tertiary/aromatic N) is 1. The smallest absolute Gasteiger partial charge is 0.206 e. The third-order valence-corrected chi connectivity index (χ3v) is 5.81. The molecule has 0 N–H and O–H groups in total. The van der Waals surface area contributed by atoms with Crippen LogP contribution in [-0.4, -0.2) is 6.18 Å². The van der Waals surface area contributed by atoms with Gasteiger partial charge in [0.25, 0.3) is 0 Å². The van der Waals surface area contributed by atoms with E-state index >= 15 is 4.39 Å². The van der Waals surface area contributed by atoms with E-state index in [1.807, 2.05) is 38.5 Å². The van der Waals surface area contributed by atoms with Crippen molar-refractivity contribution in [3.8, 4) is 11.3 Å². The van der Waals surface area contributed by atoms with Gasteiger partial charge in [-0.15, -0.1) is 0 Å². The van der Waals surface area contributed by atoms with Crippen molar-refractivity contribution in [3.63, 3.8) is 0 Å². The number of hydrogen-bond donors (Lipinski definition) is 0. The summed E-state index contributed by atoms with van der Waals surface area (Å²) in [7, 11) is 1.85. The predicted octanol–water partition coefficient (Wildman–Crippen LogP) is 6.53. The Labute approximate surface area is 169 Å². The molecule has 3 aromatic rings. The molecule has 5 heteroatoms. The molecule has 0 radical (unpaired) electrons. The topological polar surface area (TPSA) is 3.88 Å². The first kappa shape index (κ1) is 21.3. The Bertz CT molecular complexity index is 1090. The van der Waals surface area contributed by atoms with E-state index in [-0.39, 0.29) is 6.42 Å². The van der Waals surface area contributed by atoms with E-state index in [0.29, 0.717) is 16.5 Å². The summed E-state index contributed by atoms with van der Waals surface area (Å²) in [6, 6.07) is 10.5. The number of aromatic nitrogens is 1. The lowest BCUT2D eigenvalue weighted by atomic mass is 9.84. The maximum Gasteiger partial charge on any atom is 0.394 e. The highest BCUT2D eigenvalue weighted by Crippen LogP contribution is 2.40. The monoisotopic (exact) mass is 404 g/mol. The third-order valence-electron chi connectivity index (χ3n) is 5.81. The highest BCUT2D eigenvalue weighted by Gasteiger charge is 2.47. The Hall–Kier alpha value is -2.43. The molecule has 2 aromatic carbocycles. The van der Waals surface area contributed by atoms with E-state index in [2.05, 4.69) is 6.07 Å².